The van der Waals surface area contributed by atoms with Gasteiger partial charge in [0.1, 0.15) is 24.0 Å². The van der Waals surface area contributed by atoms with E-state index in [1.54, 1.807) is 0 Å². The average molecular weight is 397 g/mol. The van der Waals surface area contributed by atoms with Crippen molar-refractivity contribution < 1.29 is 19.4 Å². The summed E-state index contributed by atoms with van der Waals surface area (Å²) in [6.07, 6.45) is 0.0398. The summed E-state index contributed by atoms with van der Waals surface area (Å²) in [5, 5.41) is 13.8. The summed E-state index contributed by atoms with van der Waals surface area (Å²) in [6, 6.07) is 3.25. The second-order valence-electron chi connectivity index (χ2n) is 7.39. The Kier molecular flexibility index (Phi) is 6.76. The fourth-order valence-corrected chi connectivity index (χ4v) is 3.44. The summed E-state index contributed by atoms with van der Waals surface area (Å²) in [5.41, 5.74) is 0.967. The number of benzene rings is 1. The van der Waals surface area contributed by atoms with Crippen LogP contribution in [0.4, 0.5) is 4.79 Å². The molecule has 0 aromatic heterocycles. The standard InChI is InChI=1S/C20H29ClN2O4/c1-6-20(7-2)18(25)23(19(26)22-20)10-14(24)11-27-17-8-13(5)16(21)9-15(17)12(3)4/h8-9,12,14,24H,6-7,10-11H2,1-5H3,(H,22,26). The smallest absolute Gasteiger partial charge is 0.325 e. The zero-order chi connectivity index (χ0) is 20.4. The maximum absolute atomic E-state index is 12.6. The molecule has 1 aromatic carbocycles. The number of carbonyl (C=O) groups is 2. The van der Waals surface area contributed by atoms with E-state index >= 15 is 0 Å². The molecule has 2 N–H and O–H groups in total. The summed E-state index contributed by atoms with van der Waals surface area (Å²) in [7, 11) is 0. The number of nitrogens with zero attached hydrogens (tertiary/aromatic N) is 1. The van der Waals surface area contributed by atoms with Crippen molar-refractivity contribution in [2.75, 3.05) is 13.2 Å². The summed E-state index contributed by atoms with van der Waals surface area (Å²) in [4.78, 5) is 25.9. The number of halogens is 1. The van der Waals surface area contributed by atoms with E-state index in [1.807, 2.05) is 46.8 Å². The molecule has 1 unspecified atom stereocenters. The minimum Gasteiger partial charge on any atom is -0.491 e. The number of carbonyl (C=O) groups excluding carboxylic acids is 2. The van der Waals surface area contributed by atoms with Crippen molar-refractivity contribution in [3.05, 3.63) is 28.3 Å². The van der Waals surface area contributed by atoms with Crippen molar-refractivity contribution in [3.63, 3.8) is 0 Å². The van der Waals surface area contributed by atoms with Gasteiger partial charge in [0.25, 0.3) is 5.91 Å². The van der Waals surface area contributed by atoms with Crippen LogP contribution < -0.4 is 10.1 Å². The van der Waals surface area contributed by atoms with Crippen LogP contribution >= 0.6 is 11.6 Å². The Balaban J connectivity index is 2.05. The van der Waals surface area contributed by atoms with Crippen molar-refractivity contribution in [1.29, 1.82) is 0 Å². The monoisotopic (exact) mass is 396 g/mol. The zero-order valence-electron chi connectivity index (χ0n) is 16.6. The molecular weight excluding hydrogens is 368 g/mol. The van der Waals surface area contributed by atoms with Gasteiger partial charge in [0, 0.05) is 5.02 Å². The molecule has 6 nitrogen and oxygen atoms in total. The second kappa shape index (κ2) is 8.48. The number of aryl methyl sites for hydroxylation is 1. The largest absolute Gasteiger partial charge is 0.491 e. The lowest BCUT2D eigenvalue weighted by Gasteiger charge is -2.24. The molecule has 0 bridgehead atoms. The van der Waals surface area contributed by atoms with Crippen molar-refractivity contribution in [3.8, 4) is 5.75 Å². The third-order valence-corrected chi connectivity index (χ3v) is 5.60. The van der Waals surface area contributed by atoms with E-state index in [2.05, 4.69) is 5.32 Å². The first-order chi connectivity index (χ1) is 12.6. The topological polar surface area (TPSA) is 78.9 Å². The minimum absolute atomic E-state index is 0.0247. The first-order valence-electron chi connectivity index (χ1n) is 9.40. The lowest BCUT2D eigenvalue weighted by atomic mass is 9.93. The lowest BCUT2D eigenvalue weighted by molar-refractivity contribution is -0.132. The van der Waals surface area contributed by atoms with Crippen molar-refractivity contribution in [2.45, 2.75) is 65.0 Å². The Morgan fingerprint density at radius 2 is 1.89 bits per heavy atom. The van der Waals surface area contributed by atoms with Gasteiger partial charge in [0.2, 0.25) is 0 Å². The van der Waals surface area contributed by atoms with Crippen molar-refractivity contribution in [2.24, 2.45) is 0 Å². The van der Waals surface area contributed by atoms with Crippen molar-refractivity contribution in [1.82, 2.24) is 10.2 Å². The maximum atomic E-state index is 12.6. The van der Waals surface area contributed by atoms with Gasteiger partial charge in [-0.1, -0.05) is 39.3 Å². The Morgan fingerprint density at radius 1 is 1.26 bits per heavy atom. The number of rotatable bonds is 8. The van der Waals surface area contributed by atoms with Crippen LogP contribution in [0.15, 0.2) is 12.1 Å². The summed E-state index contributed by atoms with van der Waals surface area (Å²) in [5.74, 6) is 0.567. The molecule has 3 amide bonds. The van der Waals surface area contributed by atoms with Crippen LogP contribution in [0.25, 0.3) is 0 Å². The number of urea groups is 1. The van der Waals surface area contributed by atoms with Gasteiger partial charge in [-0.25, -0.2) is 4.79 Å². The van der Waals surface area contributed by atoms with E-state index in [1.165, 1.54) is 0 Å². The number of ether oxygens (including phenoxy) is 1. The molecule has 1 saturated heterocycles. The van der Waals surface area contributed by atoms with E-state index in [9.17, 15) is 14.7 Å². The molecule has 1 atom stereocenters. The van der Waals surface area contributed by atoms with Gasteiger partial charge in [-0.3, -0.25) is 9.69 Å². The molecule has 0 spiro atoms. The summed E-state index contributed by atoms with van der Waals surface area (Å²) in [6.45, 7) is 9.55. The van der Waals surface area contributed by atoms with Gasteiger partial charge in [-0.2, -0.15) is 0 Å². The molecule has 1 aromatic rings. The lowest BCUT2D eigenvalue weighted by Crippen LogP contribution is -2.46. The maximum Gasteiger partial charge on any atom is 0.325 e. The summed E-state index contributed by atoms with van der Waals surface area (Å²) >= 11 is 6.20. The highest BCUT2D eigenvalue weighted by molar-refractivity contribution is 6.31. The number of imide groups is 1. The predicted octanol–water partition coefficient (Wildman–Crippen LogP) is 3.62. The van der Waals surface area contributed by atoms with Crippen LogP contribution in [-0.4, -0.2) is 46.7 Å². The molecule has 2 rings (SSSR count). The Labute approximate surface area is 165 Å². The second-order valence-corrected chi connectivity index (χ2v) is 7.80. The molecule has 1 aliphatic heterocycles. The van der Waals surface area contributed by atoms with E-state index < -0.39 is 17.7 Å². The van der Waals surface area contributed by atoms with Crippen LogP contribution in [0.5, 0.6) is 5.75 Å². The van der Waals surface area contributed by atoms with E-state index in [0.717, 1.165) is 16.0 Å². The normalized spacial score (nSPS) is 17.4. The van der Waals surface area contributed by atoms with Gasteiger partial charge in [-0.15, -0.1) is 0 Å². The van der Waals surface area contributed by atoms with Gasteiger partial charge in [0.15, 0.2) is 0 Å². The highest BCUT2D eigenvalue weighted by Crippen LogP contribution is 2.32. The highest BCUT2D eigenvalue weighted by atomic mass is 35.5. The fourth-order valence-electron chi connectivity index (χ4n) is 3.27. The summed E-state index contributed by atoms with van der Waals surface area (Å²) < 4.78 is 5.80. The van der Waals surface area contributed by atoms with Gasteiger partial charge >= 0.3 is 6.03 Å². The van der Waals surface area contributed by atoms with Crippen LogP contribution in [0, 0.1) is 6.92 Å². The number of aliphatic hydroxyl groups is 1. The molecule has 1 fully saturated rings. The number of hydrogen-bond donors (Lipinski definition) is 2. The number of hydrogen-bond acceptors (Lipinski definition) is 4. The molecular formula is C20H29ClN2O4. The molecule has 0 saturated carbocycles. The predicted molar refractivity (Wildman–Crippen MR) is 105 cm³/mol. The molecule has 0 radical (unpaired) electrons. The molecule has 1 aliphatic rings. The first kappa shape index (κ1) is 21.5. The van der Waals surface area contributed by atoms with Gasteiger partial charge in [0.05, 0.1) is 6.54 Å². The Bertz CT molecular complexity index is 716. The molecule has 1 heterocycles. The molecule has 7 heteroatoms. The highest BCUT2D eigenvalue weighted by Gasteiger charge is 2.49. The SMILES string of the molecule is CCC1(CC)NC(=O)N(CC(O)COc2cc(C)c(Cl)cc2C(C)C)C1=O. The van der Waals surface area contributed by atoms with Gasteiger partial charge < -0.3 is 15.2 Å². The molecule has 150 valence electrons. The Hall–Kier alpha value is -1.79. The van der Waals surface area contributed by atoms with Crippen LogP contribution in [0.3, 0.4) is 0 Å². The third kappa shape index (κ3) is 4.38. The van der Waals surface area contributed by atoms with Crippen LogP contribution in [-0.2, 0) is 4.79 Å². The number of aliphatic hydroxyl groups excluding tert-OH is 1. The van der Waals surface area contributed by atoms with E-state index in [0.29, 0.717) is 23.6 Å². The quantitative estimate of drug-likeness (QED) is 0.658. The number of nitrogens with one attached hydrogen (secondary N) is 1. The third-order valence-electron chi connectivity index (χ3n) is 5.19. The number of amides is 3. The zero-order valence-corrected chi connectivity index (χ0v) is 17.4. The number of β-amino-alcohol motifs (C(OH)–C–C–N with tert-alkyl or cyclic N) is 1. The molecule has 27 heavy (non-hydrogen) atoms. The van der Waals surface area contributed by atoms with E-state index in [4.69, 9.17) is 16.3 Å². The van der Waals surface area contributed by atoms with E-state index in [-0.39, 0.29) is 25.0 Å². The average Bonchev–Trinajstić information content (AvgIpc) is 2.86. The molecule has 0 aliphatic carbocycles. The van der Waals surface area contributed by atoms with Crippen LogP contribution in [0.1, 0.15) is 57.6 Å². The fraction of sp³-hybridized carbons (Fsp3) is 0.600. The Morgan fingerprint density at radius 3 is 2.41 bits per heavy atom. The van der Waals surface area contributed by atoms with Crippen LogP contribution in [0.2, 0.25) is 5.02 Å². The minimum atomic E-state index is -0.986. The first-order valence-corrected chi connectivity index (χ1v) is 9.78. The van der Waals surface area contributed by atoms with Crippen molar-refractivity contribution >= 4 is 23.5 Å². The van der Waals surface area contributed by atoms with Gasteiger partial charge in [-0.05, 0) is 48.9 Å².